The molecule has 1 heterocycles. The van der Waals surface area contributed by atoms with Gasteiger partial charge in [-0.15, -0.1) is 0 Å². The number of amides is 1. The second-order valence-corrected chi connectivity index (χ2v) is 5.63. The summed E-state index contributed by atoms with van der Waals surface area (Å²) in [6.45, 7) is 0. The maximum atomic E-state index is 12.3. The summed E-state index contributed by atoms with van der Waals surface area (Å²) in [5.41, 5.74) is 7.55. The van der Waals surface area contributed by atoms with Gasteiger partial charge in [0.05, 0.1) is 11.7 Å². The average molecular weight is 272 g/mol. The molecule has 20 heavy (non-hydrogen) atoms. The van der Waals surface area contributed by atoms with Crippen LogP contribution in [0, 0.1) is 0 Å². The number of benzene rings is 1. The Hall–Kier alpha value is -1.88. The first-order chi connectivity index (χ1) is 9.63. The smallest absolute Gasteiger partial charge is 0.251 e. The highest BCUT2D eigenvalue weighted by molar-refractivity contribution is 5.97. The Morgan fingerprint density at radius 1 is 1.35 bits per heavy atom. The van der Waals surface area contributed by atoms with Gasteiger partial charge in [0.1, 0.15) is 0 Å². The Morgan fingerprint density at radius 3 is 2.85 bits per heavy atom. The molecule has 1 fully saturated rings. The molecule has 5 heteroatoms. The van der Waals surface area contributed by atoms with Gasteiger partial charge in [-0.3, -0.25) is 9.48 Å². The van der Waals surface area contributed by atoms with Crippen molar-refractivity contribution in [3.05, 3.63) is 30.0 Å². The lowest BCUT2D eigenvalue weighted by molar-refractivity contribution is 0.0926. The van der Waals surface area contributed by atoms with Crippen molar-refractivity contribution in [2.24, 2.45) is 12.8 Å². The van der Waals surface area contributed by atoms with Gasteiger partial charge >= 0.3 is 0 Å². The predicted molar refractivity (Wildman–Crippen MR) is 78.4 cm³/mol. The van der Waals surface area contributed by atoms with Crippen molar-refractivity contribution in [2.75, 3.05) is 0 Å². The molecule has 3 N–H and O–H groups in total. The number of rotatable bonds is 2. The monoisotopic (exact) mass is 272 g/mol. The molecule has 106 valence electrons. The highest BCUT2D eigenvalue weighted by Gasteiger charge is 2.20. The average Bonchev–Trinajstić information content (AvgIpc) is 2.82. The van der Waals surface area contributed by atoms with E-state index >= 15 is 0 Å². The summed E-state index contributed by atoms with van der Waals surface area (Å²) in [4.78, 5) is 12.3. The highest BCUT2D eigenvalue weighted by Crippen LogP contribution is 2.19. The zero-order valence-electron chi connectivity index (χ0n) is 11.7. The molecule has 0 aliphatic heterocycles. The van der Waals surface area contributed by atoms with Gasteiger partial charge in [0.25, 0.3) is 5.91 Å². The molecule has 1 amide bonds. The van der Waals surface area contributed by atoms with E-state index in [0.717, 1.165) is 36.6 Å². The van der Waals surface area contributed by atoms with Crippen LogP contribution in [0.3, 0.4) is 0 Å². The number of nitrogens with two attached hydrogens (primary N) is 1. The quantitative estimate of drug-likeness (QED) is 0.871. The van der Waals surface area contributed by atoms with Gasteiger partial charge in [0.15, 0.2) is 0 Å². The fourth-order valence-electron chi connectivity index (χ4n) is 2.82. The summed E-state index contributed by atoms with van der Waals surface area (Å²) >= 11 is 0. The molecular formula is C15H20N4O. The lowest BCUT2D eigenvalue weighted by Crippen LogP contribution is -2.40. The molecular weight excluding hydrogens is 252 g/mol. The molecule has 5 nitrogen and oxygen atoms in total. The number of nitrogens with one attached hydrogen (secondary N) is 1. The van der Waals surface area contributed by atoms with Crippen LogP contribution < -0.4 is 11.1 Å². The zero-order chi connectivity index (χ0) is 14.1. The van der Waals surface area contributed by atoms with Crippen molar-refractivity contribution in [3.63, 3.8) is 0 Å². The number of nitrogens with zero attached hydrogens (tertiary/aromatic N) is 2. The van der Waals surface area contributed by atoms with Crippen LogP contribution in [0.1, 0.15) is 36.0 Å². The number of fused-ring (bicyclic) bond motifs is 1. The minimum atomic E-state index is -0.00595. The van der Waals surface area contributed by atoms with Gasteiger partial charge in [-0.2, -0.15) is 5.10 Å². The number of hydrogen-bond donors (Lipinski definition) is 2. The molecule has 0 bridgehead atoms. The Bertz CT molecular complexity index is 626. The van der Waals surface area contributed by atoms with E-state index in [0.29, 0.717) is 11.6 Å². The van der Waals surface area contributed by atoms with Crippen LogP contribution in [0.2, 0.25) is 0 Å². The predicted octanol–water partition coefficient (Wildman–Crippen LogP) is 1.57. The first kappa shape index (κ1) is 13.1. The minimum absolute atomic E-state index is 0.00595. The molecule has 0 radical (unpaired) electrons. The molecule has 3 rings (SSSR count). The Morgan fingerprint density at radius 2 is 2.10 bits per heavy atom. The van der Waals surface area contributed by atoms with Crippen LogP contribution in [0.4, 0.5) is 0 Å². The van der Waals surface area contributed by atoms with Crippen LogP contribution >= 0.6 is 0 Å². The molecule has 1 aliphatic rings. The second kappa shape index (κ2) is 5.25. The van der Waals surface area contributed by atoms with Crippen LogP contribution in [-0.4, -0.2) is 27.8 Å². The van der Waals surface area contributed by atoms with Crippen molar-refractivity contribution in [1.82, 2.24) is 15.1 Å². The minimum Gasteiger partial charge on any atom is -0.349 e. The maximum Gasteiger partial charge on any atom is 0.251 e. The maximum absolute atomic E-state index is 12.3. The van der Waals surface area contributed by atoms with E-state index in [9.17, 15) is 4.79 Å². The van der Waals surface area contributed by atoms with Crippen LogP contribution in [0.5, 0.6) is 0 Å². The normalized spacial score (nSPS) is 22.9. The number of aryl methyl sites for hydroxylation is 1. The van der Waals surface area contributed by atoms with E-state index in [1.54, 1.807) is 10.9 Å². The van der Waals surface area contributed by atoms with E-state index in [2.05, 4.69) is 10.4 Å². The van der Waals surface area contributed by atoms with Crippen molar-refractivity contribution < 1.29 is 4.79 Å². The van der Waals surface area contributed by atoms with Gasteiger partial charge in [-0.05, 0) is 37.8 Å². The van der Waals surface area contributed by atoms with Gasteiger partial charge in [0.2, 0.25) is 0 Å². The van der Waals surface area contributed by atoms with Crippen LogP contribution in [0.15, 0.2) is 24.4 Å². The third-order valence-electron chi connectivity index (χ3n) is 4.12. The summed E-state index contributed by atoms with van der Waals surface area (Å²) < 4.78 is 1.78. The van der Waals surface area contributed by atoms with Crippen molar-refractivity contribution in [1.29, 1.82) is 0 Å². The van der Waals surface area contributed by atoms with Crippen molar-refractivity contribution in [2.45, 2.75) is 37.8 Å². The number of carbonyl (C=O) groups is 1. The fraction of sp³-hybridized carbons (Fsp3) is 0.467. The molecule has 0 spiro atoms. The lowest BCUT2D eigenvalue weighted by atomic mass is 9.91. The zero-order valence-corrected chi connectivity index (χ0v) is 11.7. The van der Waals surface area contributed by atoms with Gasteiger partial charge < -0.3 is 11.1 Å². The van der Waals surface area contributed by atoms with E-state index in [-0.39, 0.29) is 11.9 Å². The molecule has 1 saturated carbocycles. The molecule has 2 aromatic rings. The van der Waals surface area contributed by atoms with E-state index in [1.165, 1.54) is 0 Å². The summed E-state index contributed by atoms with van der Waals surface area (Å²) in [5, 5.41) is 8.35. The third kappa shape index (κ3) is 2.54. The van der Waals surface area contributed by atoms with E-state index in [1.807, 2.05) is 25.2 Å². The molecule has 1 aliphatic carbocycles. The number of hydrogen-bond acceptors (Lipinski definition) is 3. The van der Waals surface area contributed by atoms with E-state index < -0.39 is 0 Å². The molecule has 1 aromatic heterocycles. The number of aromatic nitrogens is 2. The van der Waals surface area contributed by atoms with Gasteiger partial charge in [-0.1, -0.05) is 6.07 Å². The van der Waals surface area contributed by atoms with Crippen molar-refractivity contribution in [3.8, 4) is 0 Å². The summed E-state index contributed by atoms with van der Waals surface area (Å²) in [5.74, 6) is -0.00595. The summed E-state index contributed by atoms with van der Waals surface area (Å²) in [7, 11) is 1.88. The molecule has 1 aromatic carbocycles. The number of carbonyl (C=O) groups excluding carboxylic acids is 1. The van der Waals surface area contributed by atoms with Crippen LogP contribution in [-0.2, 0) is 7.05 Å². The third-order valence-corrected chi connectivity index (χ3v) is 4.12. The molecule has 0 saturated heterocycles. The first-order valence-electron chi connectivity index (χ1n) is 7.11. The van der Waals surface area contributed by atoms with Crippen molar-refractivity contribution >= 4 is 16.8 Å². The van der Waals surface area contributed by atoms with Crippen LogP contribution in [0.25, 0.3) is 10.9 Å². The van der Waals surface area contributed by atoms with Gasteiger partial charge in [-0.25, -0.2) is 0 Å². The Balaban J connectivity index is 1.73. The molecule has 0 atom stereocenters. The first-order valence-corrected chi connectivity index (χ1v) is 7.11. The second-order valence-electron chi connectivity index (χ2n) is 5.63. The largest absolute Gasteiger partial charge is 0.349 e. The summed E-state index contributed by atoms with van der Waals surface area (Å²) in [6, 6.07) is 6.24. The fourth-order valence-corrected chi connectivity index (χ4v) is 2.82. The Kier molecular flexibility index (Phi) is 3.44. The summed E-state index contributed by atoms with van der Waals surface area (Å²) in [6.07, 6.45) is 5.73. The van der Waals surface area contributed by atoms with E-state index in [4.69, 9.17) is 5.73 Å². The molecule has 0 unspecified atom stereocenters. The van der Waals surface area contributed by atoms with Gasteiger partial charge in [0, 0.05) is 30.1 Å². The Labute approximate surface area is 118 Å². The lowest BCUT2D eigenvalue weighted by Gasteiger charge is -2.26. The topological polar surface area (TPSA) is 72.9 Å². The standard InChI is InChI=1S/C15H20N4O/c1-19-14-8-10(2-3-11(14)9-17-19)15(20)18-13-6-4-12(16)5-7-13/h2-3,8-9,12-13H,4-7,16H2,1H3,(H,18,20)/t12-,13-. The SMILES string of the molecule is Cn1ncc2ccc(C(=O)N[C@H]3CC[C@H](N)CC3)cc21. The highest BCUT2D eigenvalue weighted by atomic mass is 16.1.